The highest BCUT2D eigenvalue weighted by Crippen LogP contribution is 2.33. The Morgan fingerprint density at radius 3 is 2.34 bits per heavy atom. The zero-order chi connectivity index (χ0) is 24.8. The van der Waals surface area contributed by atoms with Crippen molar-refractivity contribution in [3.05, 3.63) is 77.9 Å². The SMILES string of the molecule is Cc1cccc(C)c1NC(=O)CNc1cc(S(=O)(=O)N2CCOCC2)ccc1Oc1ccccc1. The van der Waals surface area contributed by atoms with Crippen LogP contribution < -0.4 is 15.4 Å². The summed E-state index contributed by atoms with van der Waals surface area (Å²) >= 11 is 0. The van der Waals surface area contributed by atoms with Crippen LogP contribution in [0.1, 0.15) is 11.1 Å². The van der Waals surface area contributed by atoms with Crippen molar-refractivity contribution in [1.82, 2.24) is 4.31 Å². The van der Waals surface area contributed by atoms with E-state index in [9.17, 15) is 13.2 Å². The van der Waals surface area contributed by atoms with Crippen molar-refractivity contribution < 1.29 is 22.7 Å². The van der Waals surface area contributed by atoms with Gasteiger partial charge >= 0.3 is 0 Å². The molecule has 1 fully saturated rings. The zero-order valence-corrected chi connectivity index (χ0v) is 20.6. The van der Waals surface area contributed by atoms with Crippen LogP contribution in [0.5, 0.6) is 11.5 Å². The maximum atomic E-state index is 13.2. The Morgan fingerprint density at radius 1 is 0.971 bits per heavy atom. The molecule has 9 heteroatoms. The molecule has 35 heavy (non-hydrogen) atoms. The molecule has 0 radical (unpaired) electrons. The van der Waals surface area contributed by atoms with Crippen molar-refractivity contribution in [3.63, 3.8) is 0 Å². The van der Waals surface area contributed by atoms with Crippen LogP contribution in [0.4, 0.5) is 11.4 Å². The number of nitrogens with zero attached hydrogens (tertiary/aromatic N) is 1. The number of aryl methyl sites for hydroxylation is 2. The molecule has 0 aromatic heterocycles. The molecule has 3 aromatic carbocycles. The molecule has 4 rings (SSSR count). The molecule has 1 heterocycles. The van der Waals surface area contributed by atoms with Crippen molar-refractivity contribution in [2.45, 2.75) is 18.7 Å². The maximum absolute atomic E-state index is 13.2. The van der Waals surface area contributed by atoms with Gasteiger partial charge in [0.1, 0.15) is 5.75 Å². The monoisotopic (exact) mass is 495 g/mol. The second kappa shape index (κ2) is 10.9. The van der Waals surface area contributed by atoms with Gasteiger partial charge in [-0.1, -0.05) is 36.4 Å². The first-order valence-electron chi connectivity index (χ1n) is 11.4. The first-order chi connectivity index (χ1) is 16.8. The number of rotatable bonds is 8. The number of para-hydroxylation sites is 2. The van der Waals surface area contributed by atoms with E-state index in [1.807, 2.05) is 50.2 Å². The van der Waals surface area contributed by atoms with E-state index < -0.39 is 10.0 Å². The third-order valence-electron chi connectivity index (χ3n) is 5.71. The maximum Gasteiger partial charge on any atom is 0.243 e. The standard InChI is InChI=1S/C26H29N3O5S/c1-19-7-6-8-20(2)26(19)28-25(30)18-27-23-17-22(35(31,32)29-13-15-33-16-14-29)11-12-24(23)34-21-9-4-3-5-10-21/h3-12,17,27H,13-16,18H2,1-2H3,(H,28,30). The van der Waals surface area contributed by atoms with Gasteiger partial charge in [-0.05, 0) is 55.3 Å². The van der Waals surface area contributed by atoms with E-state index in [0.29, 0.717) is 43.5 Å². The Balaban J connectivity index is 1.58. The molecule has 0 atom stereocenters. The van der Waals surface area contributed by atoms with Gasteiger partial charge in [0.2, 0.25) is 15.9 Å². The number of benzene rings is 3. The van der Waals surface area contributed by atoms with Crippen LogP contribution in [0.3, 0.4) is 0 Å². The van der Waals surface area contributed by atoms with Crippen molar-refractivity contribution in [2.75, 3.05) is 43.5 Å². The van der Waals surface area contributed by atoms with Crippen LogP contribution in [0.15, 0.2) is 71.6 Å². The molecule has 2 N–H and O–H groups in total. The van der Waals surface area contributed by atoms with E-state index in [4.69, 9.17) is 9.47 Å². The number of ether oxygens (including phenoxy) is 2. The number of morpholine rings is 1. The average molecular weight is 496 g/mol. The zero-order valence-electron chi connectivity index (χ0n) is 19.8. The molecular weight excluding hydrogens is 466 g/mol. The van der Waals surface area contributed by atoms with Gasteiger partial charge in [-0.2, -0.15) is 4.31 Å². The molecule has 0 bridgehead atoms. The van der Waals surface area contributed by atoms with Gasteiger partial charge in [-0.15, -0.1) is 0 Å². The minimum absolute atomic E-state index is 0.0695. The second-order valence-electron chi connectivity index (χ2n) is 8.26. The molecule has 8 nitrogen and oxygen atoms in total. The van der Waals surface area contributed by atoms with Crippen LogP contribution in [-0.2, 0) is 19.6 Å². The lowest BCUT2D eigenvalue weighted by atomic mass is 10.1. The molecular formula is C26H29N3O5S. The second-order valence-corrected chi connectivity index (χ2v) is 10.2. The van der Waals surface area contributed by atoms with Crippen molar-refractivity contribution in [3.8, 4) is 11.5 Å². The number of carbonyl (C=O) groups excluding carboxylic acids is 1. The third kappa shape index (κ3) is 6.00. The van der Waals surface area contributed by atoms with E-state index in [1.165, 1.54) is 16.4 Å². The van der Waals surface area contributed by atoms with Crippen LogP contribution in [0.25, 0.3) is 0 Å². The average Bonchev–Trinajstić information content (AvgIpc) is 2.87. The first kappa shape index (κ1) is 24.7. The summed E-state index contributed by atoms with van der Waals surface area (Å²) in [5, 5.41) is 6.00. The molecule has 0 saturated carbocycles. The Kier molecular flexibility index (Phi) is 7.70. The summed E-state index contributed by atoms with van der Waals surface area (Å²) < 4.78 is 39.1. The van der Waals surface area contributed by atoms with Gasteiger partial charge in [-0.25, -0.2) is 8.42 Å². The summed E-state index contributed by atoms with van der Waals surface area (Å²) in [5.74, 6) is 0.755. The van der Waals surface area contributed by atoms with Crippen LogP contribution >= 0.6 is 0 Å². The topological polar surface area (TPSA) is 97.0 Å². The lowest BCUT2D eigenvalue weighted by Crippen LogP contribution is -2.40. The van der Waals surface area contributed by atoms with Gasteiger partial charge in [0.25, 0.3) is 0 Å². The number of carbonyl (C=O) groups is 1. The molecule has 0 unspecified atom stereocenters. The number of anilines is 2. The fourth-order valence-electron chi connectivity index (χ4n) is 3.82. The fraction of sp³-hybridized carbons (Fsp3) is 0.269. The molecule has 1 saturated heterocycles. The van der Waals surface area contributed by atoms with E-state index in [0.717, 1.165) is 16.8 Å². The van der Waals surface area contributed by atoms with E-state index in [2.05, 4.69) is 10.6 Å². The summed E-state index contributed by atoms with van der Waals surface area (Å²) in [6.45, 7) is 5.11. The summed E-state index contributed by atoms with van der Waals surface area (Å²) in [6.07, 6.45) is 0. The fourth-order valence-corrected chi connectivity index (χ4v) is 5.25. The Hall–Kier alpha value is -3.40. The summed E-state index contributed by atoms with van der Waals surface area (Å²) in [7, 11) is -3.72. The minimum Gasteiger partial charge on any atom is -0.455 e. The predicted molar refractivity (Wildman–Crippen MR) is 136 cm³/mol. The predicted octanol–water partition coefficient (Wildman–Crippen LogP) is 4.17. The molecule has 0 aliphatic carbocycles. The van der Waals surface area contributed by atoms with Crippen LogP contribution in [-0.4, -0.2) is 51.5 Å². The Bertz CT molecular complexity index is 1270. The number of amides is 1. The molecule has 1 aliphatic rings. The molecule has 3 aromatic rings. The molecule has 184 valence electrons. The number of hydrogen-bond acceptors (Lipinski definition) is 6. The summed E-state index contributed by atoms with van der Waals surface area (Å²) in [6, 6.07) is 19.6. The Morgan fingerprint density at radius 2 is 1.66 bits per heavy atom. The van der Waals surface area contributed by atoms with Crippen molar-refractivity contribution >= 4 is 27.3 Å². The third-order valence-corrected chi connectivity index (χ3v) is 7.61. The molecule has 1 aliphatic heterocycles. The minimum atomic E-state index is -3.72. The van der Waals surface area contributed by atoms with Crippen LogP contribution in [0.2, 0.25) is 0 Å². The van der Waals surface area contributed by atoms with E-state index in [-0.39, 0.29) is 17.3 Å². The van der Waals surface area contributed by atoms with Crippen molar-refractivity contribution in [1.29, 1.82) is 0 Å². The van der Waals surface area contributed by atoms with Gasteiger partial charge in [0.05, 0.1) is 30.3 Å². The summed E-state index contributed by atoms with van der Waals surface area (Å²) in [4.78, 5) is 12.9. The van der Waals surface area contributed by atoms with Crippen LogP contribution in [0, 0.1) is 13.8 Å². The van der Waals surface area contributed by atoms with Gasteiger partial charge in [0.15, 0.2) is 5.75 Å². The summed E-state index contributed by atoms with van der Waals surface area (Å²) in [5.41, 5.74) is 3.10. The quantitative estimate of drug-likeness (QED) is 0.487. The first-order valence-corrected chi connectivity index (χ1v) is 12.8. The lowest BCUT2D eigenvalue weighted by molar-refractivity contribution is -0.114. The van der Waals surface area contributed by atoms with E-state index >= 15 is 0 Å². The molecule has 0 spiro atoms. The molecule has 1 amide bonds. The van der Waals surface area contributed by atoms with Crippen molar-refractivity contribution in [2.24, 2.45) is 0 Å². The largest absolute Gasteiger partial charge is 0.455 e. The van der Waals surface area contributed by atoms with Gasteiger partial charge in [-0.3, -0.25) is 4.79 Å². The number of nitrogens with one attached hydrogen (secondary N) is 2. The number of hydrogen-bond donors (Lipinski definition) is 2. The highest BCUT2D eigenvalue weighted by atomic mass is 32.2. The normalized spacial score (nSPS) is 14.3. The van der Waals surface area contributed by atoms with E-state index in [1.54, 1.807) is 18.2 Å². The van der Waals surface area contributed by atoms with Gasteiger partial charge < -0.3 is 20.1 Å². The van der Waals surface area contributed by atoms with Gasteiger partial charge in [0, 0.05) is 18.8 Å². The Labute approximate surface area is 205 Å². The smallest absolute Gasteiger partial charge is 0.243 e. The highest BCUT2D eigenvalue weighted by molar-refractivity contribution is 7.89. The lowest BCUT2D eigenvalue weighted by Gasteiger charge is -2.26. The number of sulfonamides is 1. The highest BCUT2D eigenvalue weighted by Gasteiger charge is 2.27.